The molecule has 0 aromatic heterocycles. The minimum atomic E-state index is -4.62. The zero-order chi connectivity index (χ0) is 35.6. The highest BCUT2D eigenvalue weighted by atomic mass is 31.2. The van der Waals surface area contributed by atoms with E-state index in [4.69, 9.17) is 19.7 Å². The number of hydrogen-bond acceptors (Lipinski definition) is 8. The van der Waals surface area contributed by atoms with Crippen molar-refractivity contribution < 1.29 is 42.4 Å². The van der Waals surface area contributed by atoms with Gasteiger partial charge in [-0.2, -0.15) is 0 Å². The van der Waals surface area contributed by atoms with Gasteiger partial charge in [-0.25, -0.2) is 4.57 Å². The summed E-state index contributed by atoms with van der Waals surface area (Å²) in [5.41, 5.74) is 4.95. The summed E-state index contributed by atoms with van der Waals surface area (Å²) in [7, 11) is -4.62. The largest absolute Gasteiger partial charge is 0.472 e. The highest BCUT2D eigenvalue weighted by Crippen LogP contribution is 2.43. The molecule has 0 bridgehead atoms. The first-order valence-electron chi connectivity index (χ1n) is 19.5. The van der Waals surface area contributed by atoms with Crippen LogP contribution in [-0.2, 0) is 37.5 Å². The van der Waals surface area contributed by atoms with Crippen molar-refractivity contribution in [1.82, 2.24) is 0 Å². The van der Waals surface area contributed by atoms with Crippen LogP contribution in [0.15, 0.2) is 0 Å². The number of unbranched alkanes of at least 4 members (excludes halogenated alkanes) is 24. The lowest BCUT2D eigenvalue weighted by Crippen LogP contribution is -2.29. The minimum absolute atomic E-state index is 0.191. The SMILES string of the molecule is CCCCCCCCCCCCCCCC(=O)OC[C@H](COP(=O)(O)OCC(N)=O)OC(=O)CCCCCCCCCCCCCCC. The number of carbonyl (C=O) groups excluding carboxylic acids is 3. The van der Waals surface area contributed by atoms with Crippen LogP contribution in [0.25, 0.3) is 0 Å². The van der Waals surface area contributed by atoms with Crippen LogP contribution in [0.5, 0.6) is 0 Å². The summed E-state index contributed by atoms with van der Waals surface area (Å²) in [5.74, 6) is -1.85. The third kappa shape index (κ3) is 34.4. The highest BCUT2D eigenvalue weighted by Gasteiger charge is 2.26. The number of phosphoric acid groups is 1. The second kappa shape index (κ2) is 34.0. The van der Waals surface area contributed by atoms with Crippen LogP contribution in [-0.4, -0.2) is 48.7 Å². The number of rotatable bonds is 37. The summed E-state index contributed by atoms with van der Waals surface area (Å²) in [4.78, 5) is 45.5. The number of primary amides is 1. The number of ether oxygens (including phenoxy) is 2. The Balaban J connectivity index is 4.26. The topological polar surface area (TPSA) is 151 Å². The minimum Gasteiger partial charge on any atom is -0.462 e. The summed E-state index contributed by atoms with van der Waals surface area (Å²) < 4.78 is 32.2. The molecule has 0 fully saturated rings. The van der Waals surface area contributed by atoms with E-state index >= 15 is 0 Å². The number of nitrogens with two attached hydrogens (primary N) is 1. The highest BCUT2D eigenvalue weighted by molar-refractivity contribution is 7.47. The summed E-state index contributed by atoms with van der Waals surface area (Å²) in [5, 5.41) is 0. The molecule has 0 aliphatic heterocycles. The normalized spacial score (nSPS) is 13.2. The second-order valence-corrected chi connectivity index (χ2v) is 14.7. The van der Waals surface area contributed by atoms with Gasteiger partial charge in [-0.1, -0.05) is 168 Å². The molecule has 48 heavy (non-hydrogen) atoms. The molecular formula is C37H72NO9P. The predicted molar refractivity (Wildman–Crippen MR) is 192 cm³/mol. The van der Waals surface area contributed by atoms with Crippen LogP contribution in [0, 0.1) is 0 Å². The quantitative estimate of drug-likeness (QED) is 0.0365. The zero-order valence-corrected chi connectivity index (χ0v) is 31.6. The van der Waals surface area contributed by atoms with Gasteiger partial charge in [0.05, 0.1) is 6.61 Å². The third-order valence-corrected chi connectivity index (χ3v) is 9.42. The van der Waals surface area contributed by atoms with Crippen molar-refractivity contribution >= 4 is 25.7 Å². The first-order chi connectivity index (χ1) is 23.2. The lowest BCUT2D eigenvalue weighted by atomic mass is 10.0. The van der Waals surface area contributed by atoms with E-state index in [1.807, 2.05) is 0 Å². The molecule has 11 heteroatoms. The van der Waals surface area contributed by atoms with E-state index in [9.17, 15) is 23.8 Å². The Morgan fingerprint density at radius 2 is 0.896 bits per heavy atom. The molecule has 2 atom stereocenters. The molecule has 0 aliphatic rings. The summed E-state index contributed by atoms with van der Waals surface area (Å²) in [6.45, 7) is 2.83. The summed E-state index contributed by atoms with van der Waals surface area (Å²) in [6.07, 6.45) is 30.6. The van der Waals surface area contributed by atoms with E-state index in [0.29, 0.717) is 12.8 Å². The van der Waals surface area contributed by atoms with Gasteiger partial charge in [0.2, 0.25) is 5.91 Å². The predicted octanol–water partition coefficient (Wildman–Crippen LogP) is 10.0. The second-order valence-electron chi connectivity index (χ2n) is 13.3. The molecule has 0 aromatic carbocycles. The van der Waals surface area contributed by atoms with E-state index in [1.165, 1.54) is 122 Å². The van der Waals surface area contributed by atoms with Crippen LogP contribution in [0.1, 0.15) is 194 Å². The van der Waals surface area contributed by atoms with Gasteiger partial charge < -0.3 is 20.1 Å². The molecule has 3 N–H and O–H groups in total. The monoisotopic (exact) mass is 705 g/mol. The van der Waals surface area contributed by atoms with Crippen molar-refractivity contribution in [3.63, 3.8) is 0 Å². The Kier molecular flexibility index (Phi) is 32.9. The number of amides is 1. The van der Waals surface area contributed by atoms with Gasteiger partial charge in [0, 0.05) is 12.8 Å². The van der Waals surface area contributed by atoms with Gasteiger partial charge in [0.25, 0.3) is 0 Å². The van der Waals surface area contributed by atoms with Gasteiger partial charge in [0.15, 0.2) is 6.10 Å². The van der Waals surface area contributed by atoms with Crippen LogP contribution in [0.2, 0.25) is 0 Å². The molecule has 0 radical (unpaired) electrons. The number of esters is 2. The first-order valence-corrected chi connectivity index (χ1v) is 20.9. The Bertz CT molecular complexity index is 827. The molecule has 10 nitrogen and oxygen atoms in total. The van der Waals surface area contributed by atoms with Crippen molar-refractivity contribution in [2.24, 2.45) is 5.73 Å². The maximum Gasteiger partial charge on any atom is 0.472 e. The van der Waals surface area contributed by atoms with Gasteiger partial charge in [-0.3, -0.25) is 23.4 Å². The molecular weight excluding hydrogens is 633 g/mol. The fourth-order valence-corrected chi connectivity index (χ4v) is 6.27. The van der Waals surface area contributed by atoms with Crippen LogP contribution in [0.4, 0.5) is 0 Å². The van der Waals surface area contributed by atoms with Crippen molar-refractivity contribution in [1.29, 1.82) is 0 Å². The van der Waals surface area contributed by atoms with Gasteiger partial charge in [0.1, 0.15) is 13.2 Å². The fourth-order valence-electron chi connectivity index (χ4n) is 5.55. The van der Waals surface area contributed by atoms with Gasteiger partial charge in [-0.05, 0) is 12.8 Å². The van der Waals surface area contributed by atoms with E-state index in [1.54, 1.807) is 0 Å². The molecule has 0 rings (SSSR count). The smallest absolute Gasteiger partial charge is 0.462 e. The van der Waals surface area contributed by atoms with Crippen molar-refractivity contribution in [3.05, 3.63) is 0 Å². The van der Waals surface area contributed by atoms with Gasteiger partial charge >= 0.3 is 19.8 Å². The van der Waals surface area contributed by atoms with E-state index < -0.39 is 45.0 Å². The average molecular weight is 706 g/mol. The maximum absolute atomic E-state index is 12.5. The Labute approximate surface area is 292 Å². The standard InChI is InChI=1S/C37H72NO9P/c1-3-5-7-9-11-13-15-17-19-21-23-25-27-29-36(40)44-31-34(32-45-48(42,43)46-33-35(38)39)47-37(41)30-28-26-24-22-20-18-16-14-12-10-8-6-4-2/h34H,3-33H2,1-2H3,(H2,38,39)(H,42,43)/t34-/m1/s1. The molecule has 1 amide bonds. The number of carbonyl (C=O) groups is 3. The molecule has 0 aliphatic carbocycles. The summed E-state index contributed by atoms with van der Waals surface area (Å²) in [6, 6.07) is 0. The van der Waals surface area contributed by atoms with Crippen LogP contribution in [0.3, 0.4) is 0 Å². The van der Waals surface area contributed by atoms with Crippen LogP contribution < -0.4 is 5.73 Å². The van der Waals surface area contributed by atoms with Gasteiger partial charge in [-0.15, -0.1) is 0 Å². The molecule has 0 saturated heterocycles. The zero-order valence-electron chi connectivity index (χ0n) is 30.7. The van der Waals surface area contributed by atoms with E-state index in [-0.39, 0.29) is 19.4 Å². The fraction of sp³-hybridized carbons (Fsp3) is 0.919. The molecule has 0 saturated carbocycles. The molecule has 1 unspecified atom stereocenters. The maximum atomic E-state index is 12.5. The number of phosphoric ester groups is 1. The average Bonchev–Trinajstić information content (AvgIpc) is 3.05. The van der Waals surface area contributed by atoms with Crippen LogP contribution >= 0.6 is 7.82 Å². The molecule has 284 valence electrons. The summed E-state index contributed by atoms with van der Waals surface area (Å²) >= 11 is 0. The van der Waals surface area contributed by atoms with Crippen molar-refractivity contribution in [3.8, 4) is 0 Å². The lowest BCUT2D eigenvalue weighted by molar-refractivity contribution is -0.161. The van der Waals surface area contributed by atoms with Crippen molar-refractivity contribution in [2.75, 3.05) is 19.8 Å². The van der Waals surface area contributed by atoms with E-state index in [0.717, 1.165) is 32.1 Å². The van der Waals surface area contributed by atoms with E-state index in [2.05, 4.69) is 18.4 Å². The molecule has 0 spiro atoms. The number of hydrogen-bond donors (Lipinski definition) is 2. The molecule has 0 heterocycles. The Morgan fingerprint density at radius 3 is 1.27 bits per heavy atom. The molecule has 0 aromatic rings. The van der Waals surface area contributed by atoms with Crippen molar-refractivity contribution in [2.45, 2.75) is 200 Å². The Morgan fingerprint density at radius 1 is 0.542 bits per heavy atom. The third-order valence-electron chi connectivity index (χ3n) is 8.49. The lowest BCUT2D eigenvalue weighted by Gasteiger charge is -2.19. The first kappa shape index (κ1) is 46.5. The Hall–Kier alpha value is -1.48.